The predicted molar refractivity (Wildman–Crippen MR) is 92.1 cm³/mol. The van der Waals surface area contributed by atoms with Gasteiger partial charge in [0.1, 0.15) is 5.78 Å². The Balaban J connectivity index is 2.75. The minimum Gasteiger partial charge on any atom is -0.333 e. The molecule has 4 heteroatoms. The van der Waals surface area contributed by atoms with E-state index in [1.54, 1.807) is 4.90 Å². The second-order valence-corrected chi connectivity index (χ2v) is 7.49. The van der Waals surface area contributed by atoms with Crippen molar-refractivity contribution in [3.63, 3.8) is 0 Å². The van der Waals surface area contributed by atoms with Gasteiger partial charge >= 0.3 is 0 Å². The maximum absolute atomic E-state index is 12.7. The van der Waals surface area contributed by atoms with E-state index in [0.29, 0.717) is 25.3 Å². The van der Waals surface area contributed by atoms with Crippen LogP contribution in [-0.2, 0) is 14.4 Å². The lowest BCUT2D eigenvalue weighted by Gasteiger charge is -2.25. The normalized spacial score (nSPS) is 19.4. The van der Waals surface area contributed by atoms with Crippen LogP contribution in [0.4, 0.5) is 0 Å². The van der Waals surface area contributed by atoms with E-state index < -0.39 is 0 Å². The lowest BCUT2D eigenvalue weighted by molar-refractivity contribution is -0.138. The molecule has 23 heavy (non-hydrogen) atoms. The van der Waals surface area contributed by atoms with Crippen LogP contribution in [0.25, 0.3) is 0 Å². The molecule has 0 bridgehead atoms. The highest BCUT2D eigenvalue weighted by atomic mass is 16.2. The first-order chi connectivity index (χ1) is 10.8. The average molecular weight is 323 g/mol. The average Bonchev–Trinajstić information content (AvgIpc) is 2.98. The largest absolute Gasteiger partial charge is 0.333 e. The summed E-state index contributed by atoms with van der Waals surface area (Å²) in [6, 6.07) is -0.302. The lowest BCUT2D eigenvalue weighted by atomic mass is 9.84. The van der Waals surface area contributed by atoms with Gasteiger partial charge in [-0.25, -0.2) is 0 Å². The third kappa shape index (κ3) is 5.74. The molecule has 1 fully saturated rings. The van der Waals surface area contributed by atoms with Crippen LogP contribution in [0, 0.1) is 17.8 Å². The molecule has 0 aliphatic carbocycles. The van der Waals surface area contributed by atoms with Gasteiger partial charge < -0.3 is 4.90 Å². The number of carbonyl (C=O) groups excluding carboxylic acids is 3. The van der Waals surface area contributed by atoms with Crippen LogP contribution >= 0.6 is 0 Å². The second kappa shape index (κ2) is 9.19. The van der Waals surface area contributed by atoms with Gasteiger partial charge in [-0.15, -0.1) is 0 Å². The van der Waals surface area contributed by atoms with E-state index in [0.717, 1.165) is 25.7 Å². The molecule has 1 aliphatic rings. The molecule has 2 atom stereocenters. The van der Waals surface area contributed by atoms with Gasteiger partial charge in [0.15, 0.2) is 5.78 Å². The van der Waals surface area contributed by atoms with E-state index in [4.69, 9.17) is 0 Å². The van der Waals surface area contributed by atoms with E-state index in [2.05, 4.69) is 13.8 Å². The first kappa shape index (κ1) is 19.9. The molecule has 1 saturated heterocycles. The van der Waals surface area contributed by atoms with Crippen LogP contribution in [0.1, 0.15) is 73.1 Å². The number of ketones is 2. The molecule has 1 heterocycles. The first-order valence-electron chi connectivity index (χ1n) is 9.13. The van der Waals surface area contributed by atoms with Crippen molar-refractivity contribution in [3.05, 3.63) is 0 Å². The highest BCUT2D eigenvalue weighted by molar-refractivity contribution is 5.93. The maximum Gasteiger partial charge on any atom is 0.222 e. The summed E-state index contributed by atoms with van der Waals surface area (Å²) in [6.07, 6.45) is 4.09. The molecule has 0 spiro atoms. The van der Waals surface area contributed by atoms with E-state index in [-0.39, 0.29) is 35.4 Å². The minimum atomic E-state index is -0.302. The number of Topliss-reactive ketones (excluding diaryl/α,β-unsaturated/α-hetero) is 2. The van der Waals surface area contributed by atoms with Crippen molar-refractivity contribution in [2.24, 2.45) is 17.8 Å². The van der Waals surface area contributed by atoms with E-state index in [1.807, 2.05) is 20.8 Å². The summed E-state index contributed by atoms with van der Waals surface area (Å²) in [6.45, 7) is 10.6. The Labute approximate surface area is 141 Å². The molecule has 2 unspecified atom stereocenters. The number of amides is 1. The van der Waals surface area contributed by atoms with Gasteiger partial charge in [-0.05, 0) is 25.2 Å². The summed E-state index contributed by atoms with van der Waals surface area (Å²) in [5.74, 6) is 0.602. The van der Waals surface area contributed by atoms with Gasteiger partial charge in [0.05, 0.1) is 6.04 Å². The standard InChI is InChI=1S/C19H33NO3/c1-6-18(22)20-11-7-8-16(20)17(21)12-15(10-9-13(2)3)19(23)14(4)5/h13-16H,6-12H2,1-5H3. The van der Waals surface area contributed by atoms with Crippen molar-refractivity contribution in [1.29, 1.82) is 0 Å². The van der Waals surface area contributed by atoms with Gasteiger partial charge in [-0.1, -0.05) is 41.0 Å². The van der Waals surface area contributed by atoms with E-state index >= 15 is 0 Å². The van der Waals surface area contributed by atoms with Crippen LogP contribution in [0.3, 0.4) is 0 Å². The molecule has 4 nitrogen and oxygen atoms in total. The number of hydrogen-bond donors (Lipinski definition) is 0. The van der Waals surface area contributed by atoms with Crippen LogP contribution in [-0.4, -0.2) is 35.0 Å². The molecule has 0 aromatic heterocycles. The van der Waals surface area contributed by atoms with Crippen LogP contribution in [0.2, 0.25) is 0 Å². The molecular weight excluding hydrogens is 290 g/mol. The number of carbonyl (C=O) groups is 3. The molecule has 0 aromatic rings. The van der Waals surface area contributed by atoms with Crippen molar-refractivity contribution >= 4 is 17.5 Å². The monoisotopic (exact) mass is 323 g/mol. The zero-order valence-corrected chi connectivity index (χ0v) is 15.4. The van der Waals surface area contributed by atoms with Crippen LogP contribution in [0.5, 0.6) is 0 Å². The summed E-state index contributed by atoms with van der Waals surface area (Å²) in [4.78, 5) is 38.9. The van der Waals surface area contributed by atoms with Crippen molar-refractivity contribution < 1.29 is 14.4 Å². The topological polar surface area (TPSA) is 54.5 Å². The summed E-state index contributed by atoms with van der Waals surface area (Å²) < 4.78 is 0. The van der Waals surface area contributed by atoms with Crippen molar-refractivity contribution in [1.82, 2.24) is 4.90 Å². The fraction of sp³-hybridized carbons (Fsp3) is 0.842. The summed E-state index contributed by atoms with van der Waals surface area (Å²) in [5.41, 5.74) is 0. The Morgan fingerprint density at radius 1 is 1.09 bits per heavy atom. The molecular formula is C19H33NO3. The molecule has 1 amide bonds. The van der Waals surface area contributed by atoms with Gasteiger partial charge in [0.2, 0.25) is 5.91 Å². The number of likely N-dealkylation sites (tertiary alicyclic amines) is 1. The van der Waals surface area contributed by atoms with Gasteiger partial charge in [0.25, 0.3) is 0 Å². The second-order valence-electron chi connectivity index (χ2n) is 7.49. The lowest BCUT2D eigenvalue weighted by Crippen LogP contribution is -2.41. The third-order valence-electron chi connectivity index (χ3n) is 4.76. The fourth-order valence-corrected chi connectivity index (χ4v) is 3.33. The van der Waals surface area contributed by atoms with Gasteiger partial charge in [0, 0.05) is 31.2 Å². The van der Waals surface area contributed by atoms with Crippen molar-refractivity contribution in [2.45, 2.75) is 79.2 Å². The molecule has 0 radical (unpaired) electrons. The Bertz CT molecular complexity index is 428. The SMILES string of the molecule is CCC(=O)N1CCCC1C(=O)CC(CCC(C)C)C(=O)C(C)C. The highest BCUT2D eigenvalue weighted by Gasteiger charge is 2.35. The molecule has 0 saturated carbocycles. The van der Waals surface area contributed by atoms with Crippen LogP contribution < -0.4 is 0 Å². The first-order valence-corrected chi connectivity index (χ1v) is 9.13. The molecule has 0 aromatic carbocycles. The Hall–Kier alpha value is -1.19. The smallest absolute Gasteiger partial charge is 0.222 e. The van der Waals surface area contributed by atoms with E-state index in [1.165, 1.54) is 0 Å². The minimum absolute atomic E-state index is 0.0445. The Morgan fingerprint density at radius 2 is 1.74 bits per heavy atom. The maximum atomic E-state index is 12.7. The van der Waals surface area contributed by atoms with E-state index in [9.17, 15) is 14.4 Å². The Kier molecular flexibility index (Phi) is 7.93. The number of nitrogens with zero attached hydrogens (tertiary/aromatic N) is 1. The molecule has 1 aliphatic heterocycles. The summed E-state index contributed by atoms with van der Waals surface area (Å²) in [5, 5.41) is 0. The summed E-state index contributed by atoms with van der Waals surface area (Å²) in [7, 11) is 0. The van der Waals surface area contributed by atoms with Crippen LogP contribution in [0.15, 0.2) is 0 Å². The summed E-state index contributed by atoms with van der Waals surface area (Å²) >= 11 is 0. The Morgan fingerprint density at radius 3 is 2.26 bits per heavy atom. The molecule has 1 rings (SSSR count). The number of rotatable bonds is 9. The quantitative estimate of drug-likeness (QED) is 0.651. The number of hydrogen-bond acceptors (Lipinski definition) is 3. The predicted octanol–water partition coefficient (Wildman–Crippen LogP) is 3.62. The molecule has 0 N–H and O–H groups in total. The van der Waals surface area contributed by atoms with Gasteiger partial charge in [-0.2, -0.15) is 0 Å². The zero-order valence-electron chi connectivity index (χ0n) is 15.4. The fourth-order valence-electron chi connectivity index (χ4n) is 3.33. The molecule has 132 valence electrons. The van der Waals surface area contributed by atoms with Gasteiger partial charge in [-0.3, -0.25) is 14.4 Å². The highest BCUT2D eigenvalue weighted by Crippen LogP contribution is 2.25. The third-order valence-corrected chi connectivity index (χ3v) is 4.76. The van der Waals surface area contributed by atoms with Crippen molar-refractivity contribution in [3.8, 4) is 0 Å². The zero-order chi connectivity index (χ0) is 17.6. The van der Waals surface area contributed by atoms with Crippen molar-refractivity contribution in [2.75, 3.05) is 6.54 Å².